The fraction of sp³-hybridized carbons (Fsp3) is 0.556. The molecule has 1 aliphatic heterocycles. The lowest BCUT2D eigenvalue weighted by Crippen LogP contribution is -2.48. The number of carbonyl (C=O) groups is 2. The smallest absolute Gasteiger partial charge is 0.413 e. The van der Waals surface area contributed by atoms with Crippen LogP contribution in [0.15, 0.2) is 30.3 Å². The van der Waals surface area contributed by atoms with Gasteiger partial charge in [0.2, 0.25) is 0 Å². The first-order valence-electron chi connectivity index (χ1n) is 8.01. The van der Waals surface area contributed by atoms with E-state index < -0.39 is 17.9 Å². The van der Waals surface area contributed by atoms with Gasteiger partial charge in [0.25, 0.3) is 0 Å². The van der Waals surface area contributed by atoms with Crippen LogP contribution in [0.4, 0.5) is 4.79 Å². The summed E-state index contributed by atoms with van der Waals surface area (Å²) >= 11 is 0. The number of amides is 1. The van der Waals surface area contributed by atoms with E-state index in [9.17, 15) is 9.59 Å². The lowest BCUT2D eigenvalue weighted by atomic mass is 10.1. The van der Waals surface area contributed by atoms with E-state index in [1.165, 1.54) is 4.90 Å². The summed E-state index contributed by atoms with van der Waals surface area (Å²) in [6.45, 7) is 7.54. The van der Waals surface area contributed by atoms with Gasteiger partial charge >= 0.3 is 6.09 Å². The maximum Gasteiger partial charge on any atom is 0.413 e. The highest BCUT2D eigenvalue weighted by Crippen LogP contribution is 2.25. The number of ketones is 1. The van der Waals surface area contributed by atoms with Crippen molar-refractivity contribution in [3.05, 3.63) is 35.9 Å². The van der Waals surface area contributed by atoms with E-state index in [2.05, 4.69) is 0 Å². The number of rotatable bonds is 4. The van der Waals surface area contributed by atoms with Crippen LogP contribution in [0.25, 0.3) is 0 Å². The van der Waals surface area contributed by atoms with Crippen LogP contribution in [0.5, 0.6) is 0 Å². The Hall–Kier alpha value is -1.88. The van der Waals surface area contributed by atoms with Crippen LogP contribution in [-0.4, -0.2) is 41.3 Å². The minimum absolute atomic E-state index is 0.105. The summed E-state index contributed by atoms with van der Waals surface area (Å²) in [6, 6.07) is 9.66. The minimum atomic E-state index is -0.844. The maximum absolute atomic E-state index is 12.6. The SMILES string of the molecule is CCC(=O)[C@@H]1OC[C@H](Cc2ccccc2)N1C(=O)OC(C)(C)C. The summed E-state index contributed by atoms with van der Waals surface area (Å²) in [6.07, 6.45) is -0.387. The van der Waals surface area contributed by atoms with E-state index in [-0.39, 0.29) is 11.8 Å². The molecule has 1 aromatic rings. The van der Waals surface area contributed by atoms with E-state index in [1.807, 2.05) is 51.1 Å². The van der Waals surface area contributed by atoms with Gasteiger partial charge in [0.1, 0.15) is 5.60 Å². The fourth-order valence-corrected chi connectivity index (χ4v) is 2.58. The molecule has 0 unspecified atom stereocenters. The van der Waals surface area contributed by atoms with Crippen LogP contribution >= 0.6 is 0 Å². The summed E-state index contributed by atoms with van der Waals surface area (Å²) in [5.74, 6) is -0.105. The summed E-state index contributed by atoms with van der Waals surface area (Å²) in [5.41, 5.74) is 0.482. The molecule has 2 atom stereocenters. The number of hydrogen-bond acceptors (Lipinski definition) is 4. The molecule has 0 bridgehead atoms. The molecule has 2 rings (SSSR count). The van der Waals surface area contributed by atoms with Crippen LogP contribution in [-0.2, 0) is 20.7 Å². The Morgan fingerprint density at radius 3 is 2.48 bits per heavy atom. The van der Waals surface area contributed by atoms with Crippen LogP contribution < -0.4 is 0 Å². The van der Waals surface area contributed by atoms with Crippen molar-refractivity contribution in [1.29, 1.82) is 0 Å². The molecule has 0 radical (unpaired) electrons. The summed E-state index contributed by atoms with van der Waals surface area (Å²) in [5, 5.41) is 0. The first-order chi connectivity index (χ1) is 10.8. The monoisotopic (exact) mass is 319 g/mol. The molecule has 0 saturated carbocycles. The van der Waals surface area contributed by atoms with E-state index in [4.69, 9.17) is 9.47 Å². The highest BCUT2D eigenvalue weighted by Gasteiger charge is 2.43. The molecule has 1 aromatic carbocycles. The number of hydrogen-bond donors (Lipinski definition) is 0. The van der Waals surface area contributed by atoms with Gasteiger partial charge < -0.3 is 9.47 Å². The Balaban J connectivity index is 2.19. The zero-order valence-corrected chi connectivity index (χ0v) is 14.2. The third-order valence-corrected chi connectivity index (χ3v) is 3.63. The first-order valence-corrected chi connectivity index (χ1v) is 8.01. The van der Waals surface area contributed by atoms with Gasteiger partial charge in [0.05, 0.1) is 12.6 Å². The highest BCUT2D eigenvalue weighted by atomic mass is 16.6. The minimum Gasteiger partial charge on any atom is -0.444 e. The Bertz CT molecular complexity index is 550. The van der Waals surface area contributed by atoms with Gasteiger partial charge in [0, 0.05) is 6.42 Å². The Labute approximate surface area is 137 Å². The van der Waals surface area contributed by atoms with Gasteiger partial charge in [-0.1, -0.05) is 37.3 Å². The highest BCUT2D eigenvalue weighted by molar-refractivity contribution is 5.86. The van der Waals surface area contributed by atoms with Gasteiger partial charge in [-0.2, -0.15) is 0 Å². The molecule has 126 valence electrons. The zero-order valence-electron chi connectivity index (χ0n) is 14.2. The van der Waals surface area contributed by atoms with Crippen molar-refractivity contribution in [2.75, 3.05) is 6.61 Å². The molecular formula is C18H25NO4. The molecule has 1 fully saturated rings. The van der Waals surface area contributed by atoms with Crippen LogP contribution in [0.2, 0.25) is 0 Å². The second kappa shape index (κ2) is 7.13. The topological polar surface area (TPSA) is 55.8 Å². The maximum atomic E-state index is 12.6. The molecule has 1 aliphatic rings. The van der Waals surface area contributed by atoms with Crippen molar-refractivity contribution in [2.45, 2.75) is 58.4 Å². The largest absolute Gasteiger partial charge is 0.444 e. The molecule has 5 nitrogen and oxygen atoms in total. The van der Waals surface area contributed by atoms with Crippen molar-refractivity contribution in [1.82, 2.24) is 4.90 Å². The van der Waals surface area contributed by atoms with Crippen molar-refractivity contribution in [2.24, 2.45) is 0 Å². The first kappa shape index (κ1) is 17.5. The number of carbonyl (C=O) groups excluding carboxylic acids is 2. The lowest BCUT2D eigenvalue weighted by molar-refractivity contribution is -0.134. The molecule has 1 saturated heterocycles. The number of Topliss-reactive ketones (excluding diaryl/α,β-unsaturated/α-hetero) is 1. The van der Waals surface area contributed by atoms with Gasteiger partial charge in [-0.25, -0.2) is 4.79 Å². The van der Waals surface area contributed by atoms with Crippen LogP contribution in [0, 0.1) is 0 Å². The van der Waals surface area contributed by atoms with Crippen molar-refractivity contribution in [3.63, 3.8) is 0 Å². The average molecular weight is 319 g/mol. The molecule has 1 heterocycles. The summed E-state index contributed by atoms with van der Waals surface area (Å²) in [4.78, 5) is 26.1. The molecule has 0 spiro atoms. The van der Waals surface area contributed by atoms with E-state index in [0.29, 0.717) is 19.4 Å². The Morgan fingerprint density at radius 1 is 1.26 bits per heavy atom. The second-order valence-corrected chi connectivity index (χ2v) is 6.74. The zero-order chi connectivity index (χ0) is 17.0. The Morgan fingerprint density at radius 2 is 1.91 bits per heavy atom. The van der Waals surface area contributed by atoms with Crippen molar-refractivity contribution >= 4 is 11.9 Å². The third-order valence-electron chi connectivity index (χ3n) is 3.63. The van der Waals surface area contributed by atoms with Gasteiger partial charge in [0.15, 0.2) is 12.0 Å². The summed E-state index contributed by atoms with van der Waals surface area (Å²) < 4.78 is 11.1. The van der Waals surface area contributed by atoms with Crippen molar-refractivity contribution < 1.29 is 19.1 Å². The number of nitrogens with zero attached hydrogens (tertiary/aromatic N) is 1. The van der Waals surface area contributed by atoms with Crippen LogP contribution in [0.3, 0.4) is 0 Å². The summed E-state index contributed by atoms with van der Waals surface area (Å²) in [7, 11) is 0. The molecule has 0 N–H and O–H groups in total. The normalized spacial score (nSPS) is 21.3. The average Bonchev–Trinajstić information content (AvgIpc) is 2.89. The molecule has 5 heteroatoms. The van der Waals surface area contributed by atoms with Crippen molar-refractivity contribution in [3.8, 4) is 0 Å². The molecule has 1 amide bonds. The predicted molar refractivity (Wildman–Crippen MR) is 87.0 cm³/mol. The van der Waals surface area contributed by atoms with E-state index in [0.717, 1.165) is 5.56 Å². The van der Waals surface area contributed by atoms with E-state index in [1.54, 1.807) is 6.92 Å². The van der Waals surface area contributed by atoms with Crippen LogP contribution in [0.1, 0.15) is 39.7 Å². The Kier molecular flexibility index (Phi) is 5.42. The number of benzene rings is 1. The third kappa shape index (κ3) is 4.55. The number of ether oxygens (including phenoxy) is 2. The van der Waals surface area contributed by atoms with Gasteiger partial charge in [-0.15, -0.1) is 0 Å². The lowest BCUT2D eigenvalue weighted by Gasteiger charge is -2.30. The standard InChI is InChI=1S/C18H25NO4/c1-5-15(20)16-19(17(21)23-18(2,3)4)14(12-22-16)11-13-9-7-6-8-10-13/h6-10,14,16H,5,11-12H2,1-4H3/t14-,16-/m0/s1. The fourth-order valence-electron chi connectivity index (χ4n) is 2.58. The molecule has 23 heavy (non-hydrogen) atoms. The second-order valence-electron chi connectivity index (χ2n) is 6.74. The molecule has 0 aromatic heterocycles. The van der Waals surface area contributed by atoms with Gasteiger partial charge in [-0.05, 0) is 32.8 Å². The van der Waals surface area contributed by atoms with E-state index >= 15 is 0 Å². The molecular weight excluding hydrogens is 294 g/mol. The molecule has 0 aliphatic carbocycles. The predicted octanol–water partition coefficient (Wildman–Crippen LogP) is 3.17. The quantitative estimate of drug-likeness (QED) is 0.855. The van der Waals surface area contributed by atoms with Gasteiger partial charge in [-0.3, -0.25) is 9.69 Å².